The van der Waals surface area contributed by atoms with Crippen LogP contribution in [0.25, 0.3) is 10.9 Å². The molecule has 2 rings (SSSR count). The van der Waals surface area contributed by atoms with E-state index in [-0.39, 0.29) is 24.8 Å². The molecule has 4 nitrogen and oxygen atoms in total. The molecule has 1 aromatic carbocycles. The molecule has 1 aromatic heterocycles. The zero-order valence-electron chi connectivity index (χ0n) is 11.2. The van der Waals surface area contributed by atoms with Crippen molar-refractivity contribution in [2.24, 2.45) is 0 Å². The molecular weight excluding hydrogens is 242 g/mol. The van der Waals surface area contributed by atoms with Gasteiger partial charge < -0.3 is 9.72 Å². The van der Waals surface area contributed by atoms with Crippen molar-refractivity contribution in [2.75, 3.05) is 6.61 Å². The van der Waals surface area contributed by atoms with E-state index in [1.807, 2.05) is 18.2 Å². The second-order valence-corrected chi connectivity index (χ2v) is 4.33. The summed E-state index contributed by atoms with van der Waals surface area (Å²) in [5, 5.41) is 0.886. The fourth-order valence-corrected chi connectivity index (χ4v) is 2.07. The number of nitrogens with one attached hydrogen (secondary N) is 1. The third-order valence-electron chi connectivity index (χ3n) is 3.14. The predicted molar refractivity (Wildman–Crippen MR) is 73.3 cm³/mol. The van der Waals surface area contributed by atoms with E-state index < -0.39 is 0 Å². The Labute approximate surface area is 111 Å². The molecule has 0 spiro atoms. The van der Waals surface area contributed by atoms with Gasteiger partial charge in [-0.25, -0.2) is 0 Å². The highest BCUT2D eigenvalue weighted by Crippen LogP contribution is 2.22. The molecule has 1 N–H and O–H groups in total. The molecule has 0 saturated heterocycles. The van der Waals surface area contributed by atoms with Gasteiger partial charge in [-0.2, -0.15) is 0 Å². The molecule has 19 heavy (non-hydrogen) atoms. The number of ketones is 1. The minimum Gasteiger partial charge on any atom is -0.457 e. The number of benzene rings is 1. The highest BCUT2D eigenvalue weighted by Gasteiger charge is 2.14. The first-order valence-corrected chi connectivity index (χ1v) is 6.45. The van der Waals surface area contributed by atoms with E-state index in [4.69, 9.17) is 4.74 Å². The Morgan fingerprint density at radius 2 is 2.05 bits per heavy atom. The number of aromatic amines is 1. The first-order valence-electron chi connectivity index (χ1n) is 6.45. The topological polar surface area (TPSA) is 59.2 Å². The van der Waals surface area contributed by atoms with Gasteiger partial charge in [0.05, 0.1) is 0 Å². The summed E-state index contributed by atoms with van der Waals surface area (Å²) >= 11 is 0. The largest absolute Gasteiger partial charge is 0.457 e. The number of rotatable bonds is 5. The minimum atomic E-state index is -0.359. The number of hydrogen-bond donors (Lipinski definition) is 1. The summed E-state index contributed by atoms with van der Waals surface area (Å²) in [6, 6.07) is 5.87. The third-order valence-corrected chi connectivity index (χ3v) is 3.14. The van der Waals surface area contributed by atoms with Crippen molar-refractivity contribution in [3.63, 3.8) is 0 Å². The fraction of sp³-hybridized carbons (Fsp3) is 0.333. The van der Waals surface area contributed by atoms with Crippen LogP contribution in [0.1, 0.15) is 36.2 Å². The number of carbonyl (C=O) groups is 2. The van der Waals surface area contributed by atoms with E-state index in [0.29, 0.717) is 5.56 Å². The van der Waals surface area contributed by atoms with Crippen molar-refractivity contribution in [1.82, 2.24) is 4.98 Å². The van der Waals surface area contributed by atoms with Crippen LogP contribution in [0, 0.1) is 0 Å². The lowest BCUT2D eigenvalue weighted by atomic mass is 10.1. The molecule has 1 heterocycles. The van der Waals surface area contributed by atoms with Crippen LogP contribution in [0.15, 0.2) is 24.4 Å². The van der Waals surface area contributed by atoms with E-state index in [1.54, 1.807) is 13.1 Å². The third kappa shape index (κ3) is 2.67. The summed E-state index contributed by atoms with van der Waals surface area (Å²) in [5.41, 5.74) is 2.73. The van der Waals surface area contributed by atoms with Gasteiger partial charge in [0.25, 0.3) is 0 Å². The van der Waals surface area contributed by atoms with E-state index in [0.717, 1.165) is 17.3 Å². The van der Waals surface area contributed by atoms with Crippen LogP contribution in [0.2, 0.25) is 0 Å². The lowest BCUT2D eigenvalue weighted by Gasteiger charge is -2.02. The van der Waals surface area contributed by atoms with Crippen LogP contribution in [0.5, 0.6) is 0 Å². The number of H-pyrrole nitrogens is 1. The minimum absolute atomic E-state index is 0.179. The van der Waals surface area contributed by atoms with Crippen molar-refractivity contribution in [3.05, 3.63) is 35.5 Å². The number of esters is 1. The fourth-order valence-electron chi connectivity index (χ4n) is 2.07. The summed E-state index contributed by atoms with van der Waals surface area (Å²) < 4.78 is 4.88. The van der Waals surface area contributed by atoms with E-state index in [1.165, 1.54) is 5.56 Å². The van der Waals surface area contributed by atoms with Gasteiger partial charge in [0.2, 0.25) is 5.78 Å². The van der Waals surface area contributed by atoms with Crippen LogP contribution in [-0.4, -0.2) is 23.3 Å². The Morgan fingerprint density at radius 1 is 1.26 bits per heavy atom. The lowest BCUT2D eigenvalue weighted by molar-refractivity contribution is -0.142. The molecule has 0 aliphatic carbocycles. The average Bonchev–Trinajstić information content (AvgIpc) is 2.88. The maximum Gasteiger partial charge on any atom is 0.305 e. The number of fused-ring (bicyclic) bond motifs is 1. The van der Waals surface area contributed by atoms with Gasteiger partial charge in [-0.1, -0.05) is 32.0 Å². The van der Waals surface area contributed by atoms with Crippen LogP contribution < -0.4 is 0 Å². The molecule has 0 aliphatic rings. The smallest absolute Gasteiger partial charge is 0.305 e. The first kappa shape index (κ1) is 13.3. The molecule has 0 fully saturated rings. The summed E-state index contributed by atoms with van der Waals surface area (Å²) in [4.78, 5) is 26.2. The number of hydrogen-bond acceptors (Lipinski definition) is 3. The Morgan fingerprint density at radius 3 is 2.74 bits per heavy atom. The molecule has 0 aliphatic heterocycles. The van der Waals surface area contributed by atoms with E-state index in [2.05, 4.69) is 11.9 Å². The number of Topliss-reactive ketones (excluding diaryl/α,β-unsaturated/α-hetero) is 1. The van der Waals surface area contributed by atoms with Gasteiger partial charge >= 0.3 is 5.97 Å². The highest BCUT2D eigenvalue weighted by atomic mass is 16.5. The van der Waals surface area contributed by atoms with Crippen LogP contribution in [-0.2, 0) is 16.0 Å². The van der Waals surface area contributed by atoms with Crippen LogP contribution >= 0.6 is 0 Å². The lowest BCUT2D eigenvalue weighted by Crippen LogP contribution is -2.12. The molecule has 0 radical (unpaired) electrons. The average molecular weight is 259 g/mol. The molecule has 2 aromatic rings. The Kier molecular flexibility index (Phi) is 4.00. The van der Waals surface area contributed by atoms with Crippen molar-refractivity contribution in [3.8, 4) is 0 Å². The van der Waals surface area contributed by atoms with Crippen molar-refractivity contribution < 1.29 is 14.3 Å². The van der Waals surface area contributed by atoms with E-state index in [9.17, 15) is 9.59 Å². The predicted octanol–water partition coefficient (Wildman–Crippen LogP) is 2.87. The number of aryl methyl sites for hydroxylation is 1. The maximum atomic E-state index is 12.0. The zero-order chi connectivity index (χ0) is 13.8. The SMILES string of the molecule is CCC(=O)OCC(=O)c1c[nH]c2c(CC)cccc12. The molecule has 0 amide bonds. The van der Waals surface area contributed by atoms with Crippen molar-refractivity contribution >= 4 is 22.7 Å². The summed E-state index contributed by atoms with van der Waals surface area (Å²) in [5.74, 6) is -0.538. The first-order chi connectivity index (χ1) is 9.17. The van der Waals surface area contributed by atoms with Gasteiger partial charge in [0, 0.05) is 29.1 Å². The molecule has 100 valence electrons. The number of carbonyl (C=O) groups excluding carboxylic acids is 2. The maximum absolute atomic E-state index is 12.0. The van der Waals surface area contributed by atoms with Crippen LogP contribution in [0.4, 0.5) is 0 Å². The number of ether oxygens (including phenoxy) is 1. The number of aromatic nitrogens is 1. The van der Waals surface area contributed by atoms with Crippen LogP contribution in [0.3, 0.4) is 0 Å². The van der Waals surface area contributed by atoms with Gasteiger partial charge in [0.15, 0.2) is 6.61 Å². The molecule has 0 saturated carbocycles. The molecule has 0 unspecified atom stereocenters. The monoisotopic (exact) mass is 259 g/mol. The van der Waals surface area contributed by atoms with Crippen molar-refractivity contribution in [1.29, 1.82) is 0 Å². The Balaban J connectivity index is 2.26. The quantitative estimate of drug-likeness (QED) is 0.663. The van der Waals surface area contributed by atoms with Crippen molar-refractivity contribution in [2.45, 2.75) is 26.7 Å². The molecular formula is C15H17NO3. The second-order valence-electron chi connectivity index (χ2n) is 4.33. The number of para-hydroxylation sites is 1. The van der Waals surface area contributed by atoms with Gasteiger partial charge in [-0.05, 0) is 12.0 Å². The molecule has 4 heteroatoms. The highest BCUT2D eigenvalue weighted by molar-refractivity contribution is 6.09. The Bertz CT molecular complexity index is 613. The van der Waals surface area contributed by atoms with Gasteiger partial charge in [0.1, 0.15) is 0 Å². The molecule has 0 bridgehead atoms. The summed E-state index contributed by atoms with van der Waals surface area (Å²) in [7, 11) is 0. The normalized spacial score (nSPS) is 10.6. The summed E-state index contributed by atoms with van der Waals surface area (Å²) in [6.45, 7) is 3.57. The van der Waals surface area contributed by atoms with E-state index >= 15 is 0 Å². The standard InChI is InChI=1S/C15H17NO3/c1-3-10-6-5-7-11-12(8-16-15(10)11)13(17)9-19-14(18)4-2/h5-8,16H,3-4,9H2,1-2H3. The van der Waals surface area contributed by atoms with Gasteiger partial charge in [-0.15, -0.1) is 0 Å². The zero-order valence-corrected chi connectivity index (χ0v) is 11.2. The summed E-state index contributed by atoms with van der Waals surface area (Å²) in [6.07, 6.45) is 2.86. The second kappa shape index (κ2) is 5.69. The Hall–Kier alpha value is -2.10. The van der Waals surface area contributed by atoms with Gasteiger partial charge in [-0.3, -0.25) is 9.59 Å². The molecule has 0 atom stereocenters.